The van der Waals surface area contributed by atoms with Crippen molar-refractivity contribution in [3.05, 3.63) is 40.9 Å². The summed E-state index contributed by atoms with van der Waals surface area (Å²) in [5, 5.41) is 0.952. The summed E-state index contributed by atoms with van der Waals surface area (Å²) in [7, 11) is 0. The van der Waals surface area contributed by atoms with Gasteiger partial charge in [0.15, 0.2) is 0 Å². The Balaban J connectivity index is 2.10. The van der Waals surface area contributed by atoms with E-state index in [1.807, 2.05) is 43.3 Å². The van der Waals surface area contributed by atoms with Crippen LogP contribution < -0.4 is 10.5 Å². The molecule has 0 saturated carbocycles. The van der Waals surface area contributed by atoms with Crippen LogP contribution in [0.4, 0.5) is 5.69 Å². The molecule has 20 heavy (non-hydrogen) atoms. The maximum absolute atomic E-state index is 5.86. The van der Waals surface area contributed by atoms with Crippen LogP contribution >= 0.6 is 27.3 Å². The van der Waals surface area contributed by atoms with E-state index in [-0.39, 0.29) is 0 Å². The molecule has 2 aromatic carbocycles. The van der Waals surface area contributed by atoms with Crippen molar-refractivity contribution >= 4 is 43.2 Å². The summed E-state index contributed by atoms with van der Waals surface area (Å²) in [6.45, 7) is 2.64. The Bertz CT molecular complexity index is 770. The van der Waals surface area contributed by atoms with Crippen LogP contribution in [0.15, 0.2) is 40.9 Å². The largest absolute Gasteiger partial charge is 0.494 e. The summed E-state index contributed by atoms with van der Waals surface area (Å²) >= 11 is 5.19. The van der Waals surface area contributed by atoms with E-state index >= 15 is 0 Å². The van der Waals surface area contributed by atoms with Crippen molar-refractivity contribution in [1.82, 2.24) is 4.98 Å². The molecule has 1 heterocycles. The van der Waals surface area contributed by atoms with Gasteiger partial charge < -0.3 is 10.5 Å². The Morgan fingerprint density at radius 2 is 2.10 bits per heavy atom. The number of rotatable bonds is 3. The maximum Gasteiger partial charge on any atom is 0.125 e. The number of nitrogens with zero attached hydrogens (tertiary/aromatic N) is 1. The van der Waals surface area contributed by atoms with E-state index in [2.05, 4.69) is 20.9 Å². The first-order valence-corrected chi connectivity index (χ1v) is 7.87. The number of nitrogen functional groups attached to an aromatic ring is 1. The van der Waals surface area contributed by atoms with Gasteiger partial charge in [-0.3, -0.25) is 0 Å². The number of aromatic nitrogens is 1. The Kier molecular flexibility index (Phi) is 3.63. The number of halogens is 1. The smallest absolute Gasteiger partial charge is 0.125 e. The molecule has 0 atom stereocenters. The molecule has 0 bridgehead atoms. The molecule has 2 N–H and O–H groups in total. The fourth-order valence-corrected chi connectivity index (χ4v) is 3.57. The van der Waals surface area contributed by atoms with Gasteiger partial charge in [0, 0.05) is 15.7 Å². The zero-order valence-corrected chi connectivity index (χ0v) is 13.3. The quantitative estimate of drug-likeness (QED) is 0.697. The number of thiazole rings is 1. The molecular weight excluding hydrogens is 336 g/mol. The van der Waals surface area contributed by atoms with Crippen LogP contribution in [0.3, 0.4) is 0 Å². The van der Waals surface area contributed by atoms with Crippen molar-refractivity contribution in [2.45, 2.75) is 6.92 Å². The van der Waals surface area contributed by atoms with Crippen molar-refractivity contribution in [3.8, 4) is 16.3 Å². The molecule has 0 spiro atoms. The highest BCUT2D eigenvalue weighted by molar-refractivity contribution is 9.10. The van der Waals surface area contributed by atoms with Crippen LogP contribution in [0, 0.1) is 0 Å². The van der Waals surface area contributed by atoms with E-state index in [0.29, 0.717) is 6.61 Å². The lowest BCUT2D eigenvalue weighted by atomic mass is 10.2. The predicted octanol–water partition coefficient (Wildman–Crippen LogP) is 4.71. The Morgan fingerprint density at radius 1 is 1.25 bits per heavy atom. The van der Waals surface area contributed by atoms with Crippen LogP contribution in [0.5, 0.6) is 5.75 Å². The van der Waals surface area contributed by atoms with Gasteiger partial charge in [-0.25, -0.2) is 4.98 Å². The average Bonchev–Trinajstić information content (AvgIpc) is 2.85. The second-order valence-electron chi connectivity index (χ2n) is 4.32. The zero-order chi connectivity index (χ0) is 14.1. The van der Waals surface area contributed by atoms with Crippen molar-refractivity contribution in [2.75, 3.05) is 12.3 Å². The molecule has 0 amide bonds. The highest BCUT2D eigenvalue weighted by Gasteiger charge is 2.10. The highest BCUT2D eigenvalue weighted by Crippen LogP contribution is 2.36. The molecule has 102 valence electrons. The summed E-state index contributed by atoms with van der Waals surface area (Å²) < 4.78 is 7.63. The number of anilines is 1. The second kappa shape index (κ2) is 5.42. The van der Waals surface area contributed by atoms with E-state index in [4.69, 9.17) is 10.5 Å². The summed E-state index contributed by atoms with van der Waals surface area (Å²) in [4.78, 5) is 4.66. The Morgan fingerprint density at radius 3 is 2.90 bits per heavy atom. The number of nitrogens with two attached hydrogens (primary N) is 1. The third kappa shape index (κ3) is 2.51. The van der Waals surface area contributed by atoms with Crippen molar-refractivity contribution in [1.29, 1.82) is 0 Å². The number of benzene rings is 2. The Labute approximate surface area is 129 Å². The van der Waals surface area contributed by atoms with Crippen LogP contribution in [0.2, 0.25) is 0 Å². The van der Waals surface area contributed by atoms with Gasteiger partial charge in [0.2, 0.25) is 0 Å². The van der Waals surface area contributed by atoms with E-state index in [9.17, 15) is 0 Å². The predicted molar refractivity (Wildman–Crippen MR) is 88.3 cm³/mol. The molecule has 0 aliphatic carbocycles. The third-order valence-corrected chi connectivity index (χ3v) is 4.63. The van der Waals surface area contributed by atoms with Gasteiger partial charge in [0.05, 0.1) is 16.8 Å². The molecule has 0 radical (unpaired) electrons. The molecule has 0 aliphatic heterocycles. The van der Waals surface area contributed by atoms with Crippen LogP contribution in [0.1, 0.15) is 6.92 Å². The van der Waals surface area contributed by atoms with Crippen molar-refractivity contribution in [2.24, 2.45) is 0 Å². The molecule has 3 aromatic rings. The van der Waals surface area contributed by atoms with Gasteiger partial charge in [-0.05, 0) is 43.3 Å². The molecule has 3 nitrogen and oxygen atoms in total. The topological polar surface area (TPSA) is 48.1 Å². The third-order valence-electron chi connectivity index (χ3n) is 2.89. The summed E-state index contributed by atoms with van der Waals surface area (Å²) in [5.74, 6) is 0.877. The van der Waals surface area contributed by atoms with Crippen molar-refractivity contribution in [3.63, 3.8) is 0 Å². The van der Waals surface area contributed by atoms with Gasteiger partial charge in [0.25, 0.3) is 0 Å². The second-order valence-corrected chi connectivity index (χ2v) is 6.21. The maximum atomic E-state index is 5.86. The van der Waals surface area contributed by atoms with E-state index in [0.717, 1.165) is 36.7 Å². The number of fused-ring (bicyclic) bond motifs is 1. The fraction of sp³-hybridized carbons (Fsp3) is 0.133. The van der Waals surface area contributed by atoms with Gasteiger partial charge >= 0.3 is 0 Å². The first-order chi connectivity index (χ1) is 9.67. The molecule has 3 rings (SSSR count). The van der Waals surface area contributed by atoms with Gasteiger partial charge in [-0.15, -0.1) is 11.3 Å². The van der Waals surface area contributed by atoms with Crippen LogP contribution in [-0.4, -0.2) is 11.6 Å². The number of hydrogen-bond donors (Lipinski definition) is 1. The minimum Gasteiger partial charge on any atom is -0.494 e. The zero-order valence-electron chi connectivity index (χ0n) is 10.9. The molecule has 0 fully saturated rings. The minimum atomic E-state index is 0.665. The van der Waals surface area contributed by atoms with E-state index < -0.39 is 0 Å². The van der Waals surface area contributed by atoms with E-state index in [1.54, 1.807) is 11.3 Å². The molecule has 0 aliphatic rings. The lowest BCUT2D eigenvalue weighted by Crippen LogP contribution is -1.89. The van der Waals surface area contributed by atoms with Gasteiger partial charge in [-0.2, -0.15) is 0 Å². The summed E-state index contributed by atoms with van der Waals surface area (Å²) in [6, 6.07) is 11.7. The molecule has 0 saturated heterocycles. The molecule has 1 aromatic heterocycles. The summed E-state index contributed by atoms with van der Waals surface area (Å²) in [6.07, 6.45) is 0. The SMILES string of the molecule is CCOc1ccc2nc(-c3cc(N)ccc3Br)sc2c1. The van der Waals surface area contributed by atoms with Crippen LogP contribution in [-0.2, 0) is 0 Å². The lowest BCUT2D eigenvalue weighted by Gasteiger charge is -2.01. The number of hydrogen-bond acceptors (Lipinski definition) is 4. The van der Waals surface area contributed by atoms with Crippen molar-refractivity contribution < 1.29 is 4.74 Å². The first kappa shape index (κ1) is 13.4. The molecule has 5 heteroatoms. The Hall–Kier alpha value is -1.59. The number of ether oxygens (including phenoxy) is 1. The highest BCUT2D eigenvalue weighted by atomic mass is 79.9. The monoisotopic (exact) mass is 348 g/mol. The first-order valence-electron chi connectivity index (χ1n) is 6.26. The normalized spacial score (nSPS) is 10.9. The fourth-order valence-electron chi connectivity index (χ4n) is 1.98. The summed E-state index contributed by atoms with van der Waals surface area (Å²) in [5.41, 5.74) is 8.59. The lowest BCUT2D eigenvalue weighted by molar-refractivity contribution is 0.341. The molecular formula is C15H13BrN2OS. The van der Waals surface area contributed by atoms with Gasteiger partial charge in [0.1, 0.15) is 10.8 Å². The average molecular weight is 349 g/mol. The van der Waals surface area contributed by atoms with E-state index in [1.165, 1.54) is 0 Å². The minimum absolute atomic E-state index is 0.665. The van der Waals surface area contributed by atoms with Gasteiger partial charge in [-0.1, -0.05) is 15.9 Å². The molecule has 0 unspecified atom stereocenters. The van der Waals surface area contributed by atoms with Crippen LogP contribution in [0.25, 0.3) is 20.8 Å². The standard InChI is InChI=1S/C15H13BrN2OS/c1-2-19-10-4-6-13-14(8-10)20-15(18-13)11-7-9(17)3-5-12(11)16/h3-8H,2,17H2,1H3.